The SMILES string of the molecule is C=C(F)C(F)(F)OC(F)(C(F)(F)F)C(F)(F)OC. The van der Waals surface area contributed by atoms with Crippen molar-refractivity contribution >= 4 is 0 Å². The number of halogens is 9. The molecule has 2 nitrogen and oxygen atoms in total. The molecule has 0 rings (SSSR count). The predicted molar refractivity (Wildman–Crippen MR) is 38.1 cm³/mol. The molecule has 0 N–H and O–H groups in total. The highest BCUT2D eigenvalue weighted by atomic mass is 19.4. The molecule has 18 heavy (non-hydrogen) atoms. The van der Waals surface area contributed by atoms with Gasteiger partial charge in [-0.05, 0) is 0 Å². The van der Waals surface area contributed by atoms with Crippen LogP contribution in [0.2, 0.25) is 0 Å². The molecule has 0 aliphatic carbocycles. The Bertz CT molecular complexity index is 323. The van der Waals surface area contributed by atoms with Crippen molar-refractivity contribution in [1.82, 2.24) is 0 Å². The van der Waals surface area contributed by atoms with E-state index < -0.39 is 30.1 Å². The molecule has 0 saturated heterocycles. The lowest BCUT2D eigenvalue weighted by Crippen LogP contribution is -2.60. The summed E-state index contributed by atoms with van der Waals surface area (Å²) in [7, 11) is -0.0914. The summed E-state index contributed by atoms with van der Waals surface area (Å²) in [6, 6.07) is 0. The van der Waals surface area contributed by atoms with Crippen LogP contribution in [-0.2, 0) is 9.47 Å². The van der Waals surface area contributed by atoms with Crippen LogP contribution in [-0.4, -0.2) is 31.4 Å². The van der Waals surface area contributed by atoms with Crippen molar-refractivity contribution < 1.29 is 49.0 Å². The molecular weight excluding hydrogens is 287 g/mol. The van der Waals surface area contributed by atoms with Gasteiger partial charge < -0.3 is 4.74 Å². The van der Waals surface area contributed by atoms with Gasteiger partial charge in [0.25, 0.3) is 0 Å². The lowest BCUT2D eigenvalue weighted by molar-refractivity contribution is -0.493. The zero-order valence-electron chi connectivity index (χ0n) is 8.43. The third-order valence-corrected chi connectivity index (χ3v) is 1.58. The van der Waals surface area contributed by atoms with Gasteiger partial charge in [-0.1, -0.05) is 6.58 Å². The van der Waals surface area contributed by atoms with Gasteiger partial charge in [-0.3, -0.25) is 4.74 Å². The minimum absolute atomic E-state index is 0.0914. The molecule has 1 atom stereocenters. The van der Waals surface area contributed by atoms with E-state index in [0.29, 0.717) is 0 Å². The molecule has 0 aliphatic rings. The van der Waals surface area contributed by atoms with Gasteiger partial charge >= 0.3 is 24.2 Å². The Morgan fingerprint density at radius 3 is 1.56 bits per heavy atom. The first-order valence-corrected chi connectivity index (χ1v) is 3.83. The van der Waals surface area contributed by atoms with Crippen molar-refractivity contribution in [3.63, 3.8) is 0 Å². The summed E-state index contributed by atoms with van der Waals surface area (Å²) in [4.78, 5) is 0. The van der Waals surface area contributed by atoms with Gasteiger partial charge in [-0.25, -0.2) is 4.39 Å². The molecule has 1 unspecified atom stereocenters. The molecule has 0 radical (unpaired) electrons. The Morgan fingerprint density at radius 2 is 1.33 bits per heavy atom. The molecule has 11 heteroatoms. The molecule has 0 aromatic rings. The van der Waals surface area contributed by atoms with E-state index in [-0.39, 0.29) is 7.11 Å². The minimum atomic E-state index is -6.62. The molecule has 108 valence electrons. The summed E-state index contributed by atoms with van der Waals surface area (Å²) >= 11 is 0. The van der Waals surface area contributed by atoms with Crippen molar-refractivity contribution in [3.8, 4) is 0 Å². The number of ether oxygens (including phenoxy) is 2. The van der Waals surface area contributed by atoms with Gasteiger partial charge in [-0.15, -0.1) is 0 Å². The van der Waals surface area contributed by atoms with Gasteiger partial charge in [0.05, 0.1) is 0 Å². The Balaban J connectivity index is 5.62. The molecule has 0 fully saturated rings. The van der Waals surface area contributed by atoms with Crippen molar-refractivity contribution in [2.24, 2.45) is 0 Å². The molecule has 0 amide bonds. The van der Waals surface area contributed by atoms with Crippen LogP contribution in [0.5, 0.6) is 0 Å². The maximum absolute atomic E-state index is 13.0. The molecule has 0 spiro atoms. The molecule has 0 heterocycles. The van der Waals surface area contributed by atoms with Gasteiger partial charge in [0.2, 0.25) is 0 Å². The van der Waals surface area contributed by atoms with Crippen LogP contribution in [0.25, 0.3) is 0 Å². The first-order valence-electron chi connectivity index (χ1n) is 3.83. The zero-order chi connectivity index (χ0) is 15.0. The fraction of sp³-hybridized carbons (Fsp3) is 0.714. The number of alkyl halides is 8. The topological polar surface area (TPSA) is 18.5 Å². The zero-order valence-corrected chi connectivity index (χ0v) is 8.43. The summed E-state index contributed by atoms with van der Waals surface area (Å²) in [5.41, 5.74) is 0. The highest BCUT2D eigenvalue weighted by Gasteiger charge is 2.77. The molecule has 0 aromatic carbocycles. The summed E-state index contributed by atoms with van der Waals surface area (Å²) in [6.45, 7) is 1.84. The lowest BCUT2D eigenvalue weighted by atomic mass is 10.2. The van der Waals surface area contributed by atoms with Gasteiger partial charge in [0.1, 0.15) is 0 Å². The van der Waals surface area contributed by atoms with Crippen LogP contribution in [0.15, 0.2) is 12.4 Å². The van der Waals surface area contributed by atoms with Gasteiger partial charge in [0.15, 0.2) is 5.83 Å². The van der Waals surface area contributed by atoms with Crippen molar-refractivity contribution in [2.75, 3.05) is 7.11 Å². The van der Waals surface area contributed by atoms with Crippen LogP contribution in [0.1, 0.15) is 0 Å². The van der Waals surface area contributed by atoms with Crippen LogP contribution >= 0.6 is 0 Å². The average molecular weight is 292 g/mol. The monoisotopic (exact) mass is 292 g/mol. The van der Waals surface area contributed by atoms with E-state index >= 15 is 0 Å². The van der Waals surface area contributed by atoms with Gasteiger partial charge in [-0.2, -0.15) is 35.1 Å². The first-order chi connectivity index (χ1) is 7.71. The van der Waals surface area contributed by atoms with Crippen LogP contribution in [0.4, 0.5) is 39.5 Å². The van der Waals surface area contributed by atoms with Crippen LogP contribution in [0.3, 0.4) is 0 Å². The van der Waals surface area contributed by atoms with Crippen LogP contribution < -0.4 is 0 Å². The van der Waals surface area contributed by atoms with E-state index in [4.69, 9.17) is 0 Å². The number of hydrogen-bond acceptors (Lipinski definition) is 2. The van der Waals surface area contributed by atoms with E-state index in [1.165, 1.54) is 0 Å². The molecule has 0 aromatic heterocycles. The third kappa shape index (κ3) is 2.88. The Kier molecular flexibility index (Phi) is 4.36. The quantitative estimate of drug-likeness (QED) is 0.721. The molecule has 0 aliphatic heterocycles. The maximum Gasteiger partial charge on any atom is 0.458 e. The smallest absolute Gasteiger partial charge is 0.319 e. The molecule has 0 bridgehead atoms. The van der Waals surface area contributed by atoms with E-state index in [0.717, 1.165) is 0 Å². The largest absolute Gasteiger partial charge is 0.458 e. The van der Waals surface area contributed by atoms with E-state index in [2.05, 4.69) is 9.47 Å². The van der Waals surface area contributed by atoms with Crippen LogP contribution in [0, 0.1) is 0 Å². The fourth-order valence-electron chi connectivity index (χ4n) is 0.646. The summed E-state index contributed by atoms with van der Waals surface area (Å²) in [5, 5.41) is 0. The summed E-state index contributed by atoms with van der Waals surface area (Å²) in [6.07, 6.45) is -18.1. The second-order valence-electron chi connectivity index (χ2n) is 2.84. The highest BCUT2D eigenvalue weighted by Crippen LogP contribution is 2.50. The van der Waals surface area contributed by atoms with Crippen molar-refractivity contribution in [2.45, 2.75) is 24.2 Å². The fourth-order valence-corrected chi connectivity index (χ4v) is 0.646. The van der Waals surface area contributed by atoms with Gasteiger partial charge in [0, 0.05) is 7.11 Å². The van der Waals surface area contributed by atoms with E-state index in [1.54, 1.807) is 0 Å². The second-order valence-corrected chi connectivity index (χ2v) is 2.84. The Hall–Kier alpha value is -0.970. The maximum atomic E-state index is 13.0. The highest BCUT2D eigenvalue weighted by molar-refractivity contribution is 4.96. The first kappa shape index (κ1) is 17.0. The van der Waals surface area contributed by atoms with Crippen molar-refractivity contribution in [3.05, 3.63) is 12.4 Å². The predicted octanol–water partition coefficient (Wildman–Crippen LogP) is 3.55. The second kappa shape index (κ2) is 4.61. The summed E-state index contributed by atoms with van der Waals surface area (Å²) in [5.74, 6) is -9.14. The van der Waals surface area contributed by atoms with Crippen molar-refractivity contribution in [1.29, 1.82) is 0 Å². The summed E-state index contributed by atoms with van der Waals surface area (Å²) < 4.78 is 116. The van der Waals surface area contributed by atoms with E-state index in [9.17, 15) is 39.5 Å². The molecular formula is C7H5F9O2. The lowest BCUT2D eigenvalue weighted by Gasteiger charge is -2.34. The molecule has 0 saturated carbocycles. The standard InChI is InChI=1S/C7H5F9O2/c1-3(8)4(9,10)18-5(11,6(12,13)14)7(15,16)17-2/h1H2,2H3. The third-order valence-electron chi connectivity index (χ3n) is 1.58. The van der Waals surface area contributed by atoms with E-state index in [1.807, 2.05) is 6.58 Å². The minimum Gasteiger partial charge on any atom is -0.319 e. The normalized spacial score (nSPS) is 17.4. The average Bonchev–Trinajstić information content (AvgIpc) is 2.14. The Morgan fingerprint density at radius 1 is 0.944 bits per heavy atom. The Labute approximate surface area is 94.0 Å². The number of hydrogen-bond donors (Lipinski definition) is 0. The number of rotatable bonds is 5. The number of methoxy groups -OCH3 is 1.